The quantitative estimate of drug-likeness (QED) is 0.550. The number of rotatable bonds is 7. The summed E-state index contributed by atoms with van der Waals surface area (Å²) in [7, 11) is 1.67. The maximum absolute atomic E-state index is 12.7. The summed E-state index contributed by atoms with van der Waals surface area (Å²) in [6, 6.07) is 27.9. The smallest absolute Gasteiger partial charge is 0.163 e. The lowest BCUT2D eigenvalue weighted by Gasteiger charge is -2.17. The van der Waals surface area contributed by atoms with E-state index in [4.69, 9.17) is 4.74 Å². The molecule has 0 spiro atoms. The molecule has 0 aliphatic carbocycles. The van der Waals surface area contributed by atoms with Crippen molar-refractivity contribution in [3.8, 4) is 5.75 Å². The first kappa shape index (κ1) is 17.0. The fourth-order valence-corrected chi connectivity index (χ4v) is 3.04. The van der Waals surface area contributed by atoms with Gasteiger partial charge in [0.15, 0.2) is 5.78 Å². The highest BCUT2D eigenvalue weighted by molar-refractivity contribution is 5.96. The standard InChI is InChI=1S/C23H22O2/c1-25-22-14-12-18(13-15-22)16-21(19-8-4-2-5-9-19)17-23(24)20-10-6-3-7-11-20/h2-15,21H,16-17H2,1H3/t21-/m1/s1. The summed E-state index contributed by atoms with van der Waals surface area (Å²) in [6.45, 7) is 0. The van der Waals surface area contributed by atoms with Crippen LogP contribution in [0.2, 0.25) is 0 Å². The van der Waals surface area contributed by atoms with Gasteiger partial charge < -0.3 is 4.74 Å². The van der Waals surface area contributed by atoms with Gasteiger partial charge in [0.2, 0.25) is 0 Å². The zero-order valence-corrected chi connectivity index (χ0v) is 14.4. The Morgan fingerprint density at radius 2 is 1.44 bits per heavy atom. The third-order valence-corrected chi connectivity index (χ3v) is 4.44. The summed E-state index contributed by atoms with van der Waals surface area (Å²) in [5.41, 5.74) is 3.18. The van der Waals surface area contributed by atoms with Crippen molar-refractivity contribution in [1.82, 2.24) is 0 Å². The molecule has 3 aromatic carbocycles. The van der Waals surface area contributed by atoms with Crippen LogP contribution in [0.4, 0.5) is 0 Å². The van der Waals surface area contributed by atoms with Gasteiger partial charge >= 0.3 is 0 Å². The summed E-state index contributed by atoms with van der Waals surface area (Å²) in [4.78, 5) is 12.7. The lowest BCUT2D eigenvalue weighted by molar-refractivity contribution is 0.0973. The minimum Gasteiger partial charge on any atom is -0.497 e. The second-order valence-electron chi connectivity index (χ2n) is 6.15. The van der Waals surface area contributed by atoms with Crippen LogP contribution < -0.4 is 4.74 Å². The van der Waals surface area contributed by atoms with Gasteiger partial charge in [0.25, 0.3) is 0 Å². The Morgan fingerprint density at radius 3 is 2.04 bits per heavy atom. The number of benzene rings is 3. The Balaban J connectivity index is 1.81. The van der Waals surface area contributed by atoms with Crippen LogP contribution in [0.25, 0.3) is 0 Å². The van der Waals surface area contributed by atoms with E-state index in [0.717, 1.165) is 17.7 Å². The number of ketones is 1. The number of carbonyl (C=O) groups excluding carboxylic acids is 1. The zero-order valence-electron chi connectivity index (χ0n) is 14.4. The first-order valence-corrected chi connectivity index (χ1v) is 8.52. The van der Waals surface area contributed by atoms with Crippen LogP contribution in [0.15, 0.2) is 84.9 Å². The van der Waals surface area contributed by atoms with E-state index in [1.54, 1.807) is 7.11 Å². The average molecular weight is 330 g/mol. The molecule has 0 N–H and O–H groups in total. The third-order valence-electron chi connectivity index (χ3n) is 4.44. The fourth-order valence-electron chi connectivity index (χ4n) is 3.04. The zero-order chi connectivity index (χ0) is 17.5. The van der Waals surface area contributed by atoms with Gasteiger partial charge in [0, 0.05) is 12.0 Å². The van der Waals surface area contributed by atoms with Crippen LogP contribution in [0.1, 0.15) is 33.8 Å². The number of Topliss-reactive ketones (excluding diaryl/α,β-unsaturated/α-hetero) is 1. The maximum Gasteiger partial charge on any atom is 0.163 e. The topological polar surface area (TPSA) is 26.3 Å². The number of hydrogen-bond donors (Lipinski definition) is 0. The van der Waals surface area contributed by atoms with E-state index in [1.807, 2.05) is 60.7 Å². The molecule has 0 aromatic heterocycles. The van der Waals surface area contributed by atoms with Crippen LogP contribution >= 0.6 is 0 Å². The Hall–Kier alpha value is -2.87. The first-order valence-electron chi connectivity index (χ1n) is 8.52. The van der Waals surface area contributed by atoms with Gasteiger partial charge in [-0.05, 0) is 35.6 Å². The molecule has 2 heteroatoms. The molecule has 0 saturated carbocycles. The predicted octanol–water partition coefficient (Wildman–Crippen LogP) is 5.29. The van der Waals surface area contributed by atoms with Gasteiger partial charge in [-0.3, -0.25) is 4.79 Å². The number of ether oxygens (including phenoxy) is 1. The van der Waals surface area contributed by atoms with Gasteiger partial charge in [0.1, 0.15) is 5.75 Å². The second-order valence-corrected chi connectivity index (χ2v) is 6.15. The lowest BCUT2D eigenvalue weighted by Crippen LogP contribution is -2.10. The van der Waals surface area contributed by atoms with Crippen molar-refractivity contribution in [3.05, 3.63) is 102 Å². The largest absolute Gasteiger partial charge is 0.497 e. The van der Waals surface area contributed by atoms with Crippen molar-refractivity contribution in [1.29, 1.82) is 0 Å². The molecule has 0 amide bonds. The molecule has 3 aromatic rings. The predicted molar refractivity (Wildman–Crippen MR) is 101 cm³/mol. The fraction of sp³-hybridized carbons (Fsp3) is 0.174. The summed E-state index contributed by atoms with van der Waals surface area (Å²) in [5.74, 6) is 1.19. The van der Waals surface area contributed by atoms with Crippen LogP contribution in [0.5, 0.6) is 5.75 Å². The third kappa shape index (κ3) is 4.57. The van der Waals surface area contributed by atoms with Crippen molar-refractivity contribution in [2.45, 2.75) is 18.8 Å². The summed E-state index contributed by atoms with van der Waals surface area (Å²) >= 11 is 0. The first-order chi connectivity index (χ1) is 12.3. The average Bonchev–Trinajstić information content (AvgIpc) is 2.69. The highest BCUT2D eigenvalue weighted by Crippen LogP contribution is 2.27. The van der Waals surface area contributed by atoms with Gasteiger partial charge in [-0.25, -0.2) is 0 Å². The number of carbonyl (C=O) groups is 1. The molecule has 2 nitrogen and oxygen atoms in total. The highest BCUT2D eigenvalue weighted by atomic mass is 16.5. The molecule has 126 valence electrons. The Kier molecular flexibility index (Phi) is 5.63. The molecule has 0 unspecified atom stereocenters. The Morgan fingerprint density at radius 1 is 0.840 bits per heavy atom. The molecule has 0 aliphatic rings. The number of methoxy groups -OCH3 is 1. The highest BCUT2D eigenvalue weighted by Gasteiger charge is 2.18. The van der Waals surface area contributed by atoms with Crippen LogP contribution in [0, 0.1) is 0 Å². The van der Waals surface area contributed by atoms with Crippen molar-refractivity contribution in [3.63, 3.8) is 0 Å². The monoisotopic (exact) mass is 330 g/mol. The summed E-state index contributed by atoms with van der Waals surface area (Å²) in [5, 5.41) is 0. The van der Waals surface area contributed by atoms with E-state index in [2.05, 4.69) is 24.3 Å². The van der Waals surface area contributed by atoms with E-state index in [1.165, 1.54) is 11.1 Å². The minimum absolute atomic E-state index is 0.155. The Bertz CT molecular complexity index is 793. The van der Waals surface area contributed by atoms with Crippen molar-refractivity contribution in [2.24, 2.45) is 0 Å². The normalized spacial score (nSPS) is 11.7. The van der Waals surface area contributed by atoms with Crippen LogP contribution in [0.3, 0.4) is 0 Å². The SMILES string of the molecule is COc1ccc(C[C@H](CC(=O)c2ccccc2)c2ccccc2)cc1. The second kappa shape index (κ2) is 8.29. The molecule has 0 bridgehead atoms. The van der Waals surface area contributed by atoms with Gasteiger partial charge in [0.05, 0.1) is 7.11 Å². The maximum atomic E-state index is 12.7. The van der Waals surface area contributed by atoms with Crippen molar-refractivity contribution >= 4 is 5.78 Å². The minimum atomic E-state index is 0.155. The molecule has 0 aliphatic heterocycles. The molecule has 3 rings (SSSR count). The van der Waals surface area contributed by atoms with Crippen LogP contribution in [-0.2, 0) is 6.42 Å². The molecule has 0 radical (unpaired) electrons. The van der Waals surface area contributed by atoms with E-state index in [9.17, 15) is 4.79 Å². The molecular formula is C23H22O2. The van der Waals surface area contributed by atoms with Gasteiger partial charge in [-0.15, -0.1) is 0 Å². The molecule has 25 heavy (non-hydrogen) atoms. The lowest BCUT2D eigenvalue weighted by atomic mass is 9.86. The molecule has 1 atom stereocenters. The van der Waals surface area contributed by atoms with Crippen LogP contribution in [-0.4, -0.2) is 12.9 Å². The van der Waals surface area contributed by atoms with Crippen molar-refractivity contribution in [2.75, 3.05) is 7.11 Å². The van der Waals surface area contributed by atoms with Crippen molar-refractivity contribution < 1.29 is 9.53 Å². The van der Waals surface area contributed by atoms with Gasteiger partial charge in [-0.1, -0.05) is 72.8 Å². The molecule has 0 saturated heterocycles. The van der Waals surface area contributed by atoms with Gasteiger partial charge in [-0.2, -0.15) is 0 Å². The molecule has 0 heterocycles. The van der Waals surface area contributed by atoms with E-state index in [-0.39, 0.29) is 11.7 Å². The van der Waals surface area contributed by atoms with E-state index in [0.29, 0.717) is 6.42 Å². The molecular weight excluding hydrogens is 308 g/mol. The summed E-state index contributed by atoms with van der Waals surface area (Å²) < 4.78 is 5.23. The number of hydrogen-bond acceptors (Lipinski definition) is 2. The van der Waals surface area contributed by atoms with E-state index >= 15 is 0 Å². The summed E-state index contributed by atoms with van der Waals surface area (Å²) in [6.07, 6.45) is 1.33. The van der Waals surface area contributed by atoms with E-state index < -0.39 is 0 Å². The Labute approximate surface area is 149 Å². The molecule has 0 fully saturated rings.